The highest BCUT2D eigenvalue weighted by atomic mass is 32.2. The summed E-state index contributed by atoms with van der Waals surface area (Å²) >= 11 is 2.36. The Kier molecular flexibility index (Phi) is 9.92. The second kappa shape index (κ2) is 14.4. The lowest BCUT2D eigenvalue weighted by atomic mass is 9.95. The molecule has 13 heteroatoms. The summed E-state index contributed by atoms with van der Waals surface area (Å²) in [6, 6.07) is 15.4. The Morgan fingerprint density at radius 3 is 2.62 bits per heavy atom. The van der Waals surface area contributed by atoms with Gasteiger partial charge in [0.2, 0.25) is 5.13 Å². The van der Waals surface area contributed by atoms with E-state index in [2.05, 4.69) is 17.1 Å². The zero-order valence-corrected chi connectivity index (χ0v) is 27.4. The van der Waals surface area contributed by atoms with Crippen LogP contribution in [0.1, 0.15) is 49.4 Å². The highest BCUT2D eigenvalue weighted by Gasteiger charge is 2.48. The number of aliphatic hydroxyl groups is 1. The zero-order valence-electron chi connectivity index (χ0n) is 25.7. The minimum atomic E-state index is -1.08. The van der Waals surface area contributed by atoms with Crippen LogP contribution in [0.5, 0.6) is 23.0 Å². The molecule has 1 aromatic heterocycles. The normalized spacial score (nSPS) is 16.8. The SMILES string of the molecule is CCCCOc1ccc([C@@H]2/C(=C(\O)c3ccc4c(c3)OCCO4)C(=O)C(=O)N2c2nnc(SCc3ccccc3F)s2)cc1OCC. The van der Waals surface area contributed by atoms with Crippen molar-refractivity contribution >= 4 is 45.7 Å². The van der Waals surface area contributed by atoms with Gasteiger partial charge in [0, 0.05) is 11.3 Å². The van der Waals surface area contributed by atoms with Crippen LogP contribution < -0.4 is 23.8 Å². The molecule has 0 spiro atoms. The molecule has 47 heavy (non-hydrogen) atoms. The minimum absolute atomic E-state index is 0.135. The molecular formula is C34H32FN3O7S2. The lowest BCUT2D eigenvalue weighted by Gasteiger charge is -2.24. The van der Waals surface area contributed by atoms with Gasteiger partial charge in [-0.3, -0.25) is 14.5 Å². The van der Waals surface area contributed by atoms with E-state index in [1.165, 1.54) is 22.7 Å². The maximum absolute atomic E-state index is 14.2. The van der Waals surface area contributed by atoms with Crippen LogP contribution in [0.4, 0.5) is 9.52 Å². The average molecular weight is 678 g/mol. The number of hydrogen-bond acceptors (Lipinski definition) is 11. The number of benzene rings is 3. The maximum Gasteiger partial charge on any atom is 0.301 e. The molecule has 1 atom stereocenters. The maximum atomic E-state index is 14.2. The highest BCUT2D eigenvalue weighted by Crippen LogP contribution is 2.46. The molecule has 1 fully saturated rings. The molecule has 1 amide bonds. The molecule has 2 aliphatic heterocycles. The summed E-state index contributed by atoms with van der Waals surface area (Å²) in [4.78, 5) is 28.8. The van der Waals surface area contributed by atoms with E-state index in [0.29, 0.717) is 70.6 Å². The second-order valence-corrected chi connectivity index (χ2v) is 12.8. The number of carbonyl (C=O) groups is 2. The van der Waals surface area contributed by atoms with Crippen molar-refractivity contribution in [1.82, 2.24) is 10.2 Å². The lowest BCUT2D eigenvalue weighted by Crippen LogP contribution is -2.29. The Bertz CT molecular complexity index is 1830. The lowest BCUT2D eigenvalue weighted by molar-refractivity contribution is -0.132. The molecule has 1 saturated heterocycles. The van der Waals surface area contributed by atoms with Gasteiger partial charge in [0.05, 0.1) is 24.8 Å². The Labute approximate surface area is 279 Å². The molecule has 10 nitrogen and oxygen atoms in total. The van der Waals surface area contributed by atoms with E-state index in [1.807, 2.05) is 6.92 Å². The number of aromatic nitrogens is 2. The van der Waals surface area contributed by atoms with E-state index in [0.717, 1.165) is 24.2 Å². The quantitative estimate of drug-likeness (QED) is 0.0422. The Morgan fingerprint density at radius 2 is 1.83 bits per heavy atom. The van der Waals surface area contributed by atoms with Gasteiger partial charge in [-0.2, -0.15) is 0 Å². The summed E-state index contributed by atoms with van der Waals surface area (Å²) in [5.74, 6) is -0.297. The summed E-state index contributed by atoms with van der Waals surface area (Å²) in [5, 5.41) is 20.3. The molecule has 2 aliphatic rings. The summed E-state index contributed by atoms with van der Waals surface area (Å²) in [6.07, 6.45) is 1.82. The van der Waals surface area contributed by atoms with Gasteiger partial charge in [0.1, 0.15) is 24.8 Å². The molecule has 0 saturated carbocycles. The van der Waals surface area contributed by atoms with Crippen molar-refractivity contribution in [1.29, 1.82) is 0 Å². The smallest absolute Gasteiger partial charge is 0.301 e. The van der Waals surface area contributed by atoms with Gasteiger partial charge in [0.25, 0.3) is 5.78 Å². The van der Waals surface area contributed by atoms with Gasteiger partial charge < -0.3 is 24.1 Å². The van der Waals surface area contributed by atoms with Crippen LogP contribution in [-0.2, 0) is 15.3 Å². The molecule has 0 bridgehead atoms. The molecule has 0 unspecified atom stereocenters. The number of halogens is 1. The summed E-state index contributed by atoms with van der Waals surface area (Å²) in [7, 11) is 0. The first kappa shape index (κ1) is 32.3. The molecule has 3 aromatic carbocycles. The molecule has 3 heterocycles. The number of unbranched alkanes of at least 4 members (excludes halogenated alkanes) is 1. The van der Waals surface area contributed by atoms with Crippen LogP contribution in [0.25, 0.3) is 5.76 Å². The number of hydrogen-bond donors (Lipinski definition) is 1. The summed E-state index contributed by atoms with van der Waals surface area (Å²) in [5.41, 5.74) is 1.13. The number of ketones is 1. The van der Waals surface area contributed by atoms with Crippen LogP contribution in [0.3, 0.4) is 0 Å². The monoisotopic (exact) mass is 677 g/mol. The van der Waals surface area contributed by atoms with Crippen LogP contribution >= 0.6 is 23.1 Å². The predicted molar refractivity (Wildman–Crippen MR) is 176 cm³/mol. The minimum Gasteiger partial charge on any atom is -0.507 e. The number of carbonyl (C=O) groups excluding carboxylic acids is 2. The van der Waals surface area contributed by atoms with E-state index in [4.69, 9.17) is 18.9 Å². The largest absolute Gasteiger partial charge is 0.507 e. The third-order valence-electron chi connectivity index (χ3n) is 7.51. The Balaban J connectivity index is 1.42. The Hall–Kier alpha value is -4.62. The van der Waals surface area contributed by atoms with Gasteiger partial charge in [-0.1, -0.05) is 60.7 Å². The first-order valence-electron chi connectivity index (χ1n) is 15.2. The van der Waals surface area contributed by atoms with Crippen molar-refractivity contribution in [2.45, 2.75) is 42.8 Å². The Morgan fingerprint density at radius 1 is 1.02 bits per heavy atom. The third kappa shape index (κ3) is 6.77. The van der Waals surface area contributed by atoms with E-state index in [1.54, 1.807) is 54.6 Å². The van der Waals surface area contributed by atoms with Gasteiger partial charge in [-0.25, -0.2) is 4.39 Å². The van der Waals surface area contributed by atoms with Crippen LogP contribution in [0.15, 0.2) is 70.6 Å². The summed E-state index contributed by atoms with van der Waals surface area (Å²) in [6.45, 7) is 5.49. The number of fused-ring (bicyclic) bond motifs is 1. The summed E-state index contributed by atoms with van der Waals surface area (Å²) < 4.78 is 37.9. The van der Waals surface area contributed by atoms with Crippen LogP contribution in [0, 0.1) is 5.82 Å². The number of aliphatic hydroxyl groups excluding tert-OH is 1. The average Bonchev–Trinajstić information content (AvgIpc) is 3.66. The van der Waals surface area contributed by atoms with E-state index >= 15 is 0 Å². The van der Waals surface area contributed by atoms with Gasteiger partial charge >= 0.3 is 5.91 Å². The first-order valence-corrected chi connectivity index (χ1v) is 17.0. The molecule has 0 aliphatic carbocycles. The number of amides is 1. The van der Waals surface area contributed by atoms with Crippen molar-refractivity contribution < 1.29 is 38.0 Å². The number of ether oxygens (including phenoxy) is 4. The van der Waals surface area contributed by atoms with Gasteiger partial charge in [-0.15, -0.1) is 10.2 Å². The fourth-order valence-electron chi connectivity index (χ4n) is 5.21. The van der Waals surface area contributed by atoms with Crippen molar-refractivity contribution in [2.75, 3.05) is 31.3 Å². The third-order valence-corrected chi connectivity index (χ3v) is 9.61. The number of nitrogens with zero attached hydrogens (tertiary/aromatic N) is 3. The van der Waals surface area contributed by atoms with E-state index in [9.17, 15) is 19.1 Å². The molecule has 1 N–H and O–H groups in total. The zero-order chi connectivity index (χ0) is 32.9. The van der Waals surface area contributed by atoms with Crippen molar-refractivity contribution in [3.8, 4) is 23.0 Å². The number of thioether (sulfide) groups is 1. The molecule has 6 rings (SSSR count). The number of Topliss-reactive ketones (excluding diaryl/α,β-unsaturated/α-hetero) is 1. The standard InChI is InChI=1S/C34H32FN3O7S2/c1-3-5-14-43-24-12-10-20(17-26(24)42-4-2)29-28(30(39)21-11-13-25-27(18-21)45-16-15-44-25)31(40)32(41)38(29)33-36-37-34(47-33)46-19-22-8-6-7-9-23(22)35/h6-13,17-18,29,39H,3-5,14-16,19H2,1-2H3/b30-28+/t29-/m1/s1. The first-order chi connectivity index (χ1) is 22.9. The molecular weight excluding hydrogens is 646 g/mol. The fraction of sp³-hybridized carbons (Fsp3) is 0.294. The topological polar surface area (TPSA) is 120 Å². The van der Waals surface area contributed by atoms with Gasteiger partial charge in [0.15, 0.2) is 27.3 Å². The number of anilines is 1. The molecule has 4 aromatic rings. The highest BCUT2D eigenvalue weighted by molar-refractivity contribution is 8.00. The molecule has 0 radical (unpaired) electrons. The van der Waals surface area contributed by atoms with Crippen LogP contribution in [-0.4, -0.2) is 53.4 Å². The second-order valence-electron chi connectivity index (χ2n) is 10.6. The number of rotatable bonds is 12. The van der Waals surface area contributed by atoms with Crippen LogP contribution in [0.2, 0.25) is 0 Å². The predicted octanol–water partition coefficient (Wildman–Crippen LogP) is 6.94. The fourth-order valence-corrected chi connectivity index (χ4v) is 7.07. The van der Waals surface area contributed by atoms with E-state index in [-0.39, 0.29) is 27.8 Å². The van der Waals surface area contributed by atoms with Crippen molar-refractivity contribution in [3.05, 3.63) is 88.7 Å². The van der Waals surface area contributed by atoms with Gasteiger partial charge in [-0.05, 0) is 60.9 Å². The molecule has 244 valence electrons. The van der Waals surface area contributed by atoms with Crippen molar-refractivity contribution in [3.63, 3.8) is 0 Å². The van der Waals surface area contributed by atoms with Crippen molar-refractivity contribution in [2.24, 2.45) is 0 Å². The van der Waals surface area contributed by atoms with E-state index < -0.39 is 17.7 Å².